The lowest BCUT2D eigenvalue weighted by molar-refractivity contribution is 0.0566. The minimum Gasteiger partial charge on any atom is -0.494 e. The summed E-state index contributed by atoms with van der Waals surface area (Å²) in [6, 6.07) is 4.85. The van der Waals surface area contributed by atoms with Crippen LogP contribution in [0.4, 0.5) is 19.0 Å². The number of imidazole rings is 1. The van der Waals surface area contributed by atoms with Gasteiger partial charge < -0.3 is 15.4 Å². The third kappa shape index (κ3) is 3.97. The highest BCUT2D eigenvalue weighted by Gasteiger charge is 2.26. The highest BCUT2D eigenvalue weighted by Crippen LogP contribution is 2.33. The molecule has 0 spiro atoms. The van der Waals surface area contributed by atoms with Gasteiger partial charge in [0.15, 0.2) is 11.4 Å². The molecule has 0 aromatic carbocycles. The highest BCUT2D eigenvalue weighted by atomic mass is 19.3. The van der Waals surface area contributed by atoms with Gasteiger partial charge in [0.25, 0.3) is 0 Å². The van der Waals surface area contributed by atoms with Crippen LogP contribution in [0, 0.1) is 0 Å². The number of nitrogens with one attached hydrogen (secondary N) is 2. The van der Waals surface area contributed by atoms with E-state index in [9.17, 15) is 13.2 Å². The Hall–Kier alpha value is -3.67. The van der Waals surface area contributed by atoms with Crippen molar-refractivity contribution >= 4 is 11.5 Å². The fourth-order valence-corrected chi connectivity index (χ4v) is 3.88. The van der Waals surface area contributed by atoms with E-state index in [2.05, 4.69) is 30.8 Å². The van der Waals surface area contributed by atoms with Crippen LogP contribution in [-0.4, -0.2) is 61.8 Å². The van der Waals surface area contributed by atoms with Crippen LogP contribution in [0.25, 0.3) is 28.2 Å². The van der Waals surface area contributed by atoms with Gasteiger partial charge in [-0.3, -0.25) is 0 Å². The Kier molecular flexibility index (Phi) is 5.58. The second kappa shape index (κ2) is 8.70. The molecule has 5 rings (SSSR count). The van der Waals surface area contributed by atoms with Crippen molar-refractivity contribution in [2.75, 3.05) is 25.5 Å². The van der Waals surface area contributed by atoms with Gasteiger partial charge in [0.05, 0.1) is 31.2 Å². The van der Waals surface area contributed by atoms with Gasteiger partial charge in [-0.05, 0) is 25.1 Å². The lowest BCUT2D eigenvalue weighted by Gasteiger charge is -2.28. The van der Waals surface area contributed by atoms with Crippen LogP contribution >= 0.6 is 0 Å². The van der Waals surface area contributed by atoms with Crippen LogP contribution in [0.1, 0.15) is 13.0 Å². The molecule has 12 heteroatoms. The summed E-state index contributed by atoms with van der Waals surface area (Å²) < 4.78 is 48.0. The molecule has 0 bridgehead atoms. The number of anilines is 1. The number of methoxy groups -OCH3 is 1. The summed E-state index contributed by atoms with van der Waals surface area (Å²) in [4.78, 5) is 8.82. The number of pyridine rings is 1. The van der Waals surface area contributed by atoms with Crippen LogP contribution in [0.15, 0.2) is 43.0 Å². The van der Waals surface area contributed by atoms with Crippen molar-refractivity contribution in [2.45, 2.75) is 25.2 Å². The molecule has 33 heavy (non-hydrogen) atoms. The standard InChI is InChI=1S/C21H21F3N8O/c1-33-17-7-18-27-10-16(32(18)30-19(17)12-8-28-31(11-12)21(23)24)13-3-2-5-26-20(13)29-15-9-25-6-4-14(15)22/h2-3,5,7-8,10-11,14-15,21,25H,4,6,9H2,1H3,(H,26,29)/t14-,15-/m0/s1. The van der Waals surface area contributed by atoms with Gasteiger partial charge in [-0.25, -0.2) is 23.6 Å². The molecule has 172 valence electrons. The molecule has 1 aliphatic heterocycles. The lowest BCUT2D eigenvalue weighted by Crippen LogP contribution is -2.46. The van der Waals surface area contributed by atoms with Crippen LogP contribution in [-0.2, 0) is 0 Å². The average Bonchev–Trinajstić information content (AvgIpc) is 3.47. The van der Waals surface area contributed by atoms with Gasteiger partial charge in [-0.15, -0.1) is 0 Å². The van der Waals surface area contributed by atoms with Gasteiger partial charge in [-0.1, -0.05) is 0 Å². The van der Waals surface area contributed by atoms with Crippen molar-refractivity contribution in [3.8, 4) is 28.3 Å². The molecule has 0 amide bonds. The lowest BCUT2D eigenvalue weighted by atomic mass is 10.0. The van der Waals surface area contributed by atoms with E-state index < -0.39 is 18.8 Å². The first-order chi connectivity index (χ1) is 16.0. The molecule has 1 aliphatic rings. The number of alkyl halides is 3. The molecule has 4 aromatic heterocycles. The largest absolute Gasteiger partial charge is 0.494 e. The third-order valence-corrected chi connectivity index (χ3v) is 5.56. The first-order valence-corrected chi connectivity index (χ1v) is 10.4. The monoisotopic (exact) mass is 458 g/mol. The normalized spacial score (nSPS) is 18.7. The Bertz CT molecular complexity index is 1270. The number of hydrogen-bond acceptors (Lipinski definition) is 7. The van der Waals surface area contributed by atoms with Crippen molar-refractivity contribution < 1.29 is 17.9 Å². The minimum absolute atomic E-state index is 0.329. The predicted molar refractivity (Wildman–Crippen MR) is 115 cm³/mol. The summed E-state index contributed by atoms with van der Waals surface area (Å²) in [5.74, 6) is 0.867. The number of hydrogen-bond donors (Lipinski definition) is 2. The number of halogens is 3. The topological polar surface area (TPSA) is 94.2 Å². The van der Waals surface area contributed by atoms with Crippen LogP contribution < -0.4 is 15.4 Å². The number of piperidine rings is 1. The molecule has 0 saturated carbocycles. The van der Waals surface area contributed by atoms with Gasteiger partial charge in [0.2, 0.25) is 0 Å². The summed E-state index contributed by atoms with van der Waals surface area (Å²) >= 11 is 0. The fraction of sp³-hybridized carbons (Fsp3) is 0.333. The molecular formula is C21H21F3N8O. The molecule has 2 N–H and O–H groups in total. The molecule has 1 fully saturated rings. The molecule has 5 heterocycles. The van der Waals surface area contributed by atoms with E-state index in [1.54, 1.807) is 29.0 Å². The zero-order valence-corrected chi connectivity index (χ0v) is 17.6. The van der Waals surface area contributed by atoms with E-state index in [0.29, 0.717) is 63.9 Å². The maximum atomic E-state index is 14.4. The molecule has 0 aliphatic carbocycles. The average molecular weight is 458 g/mol. The van der Waals surface area contributed by atoms with E-state index in [1.807, 2.05) is 6.07 Å². The number of rotatable bonds is 6. The predicted octanol–water partition coefficient (Wildman–Crippen LogP) is 3.17. The van der Waals surface area contributed by atoms with Crippen molar-refractivity contribution in [1.82, 2.24) is 34.7 Å². The second-order valence-electron chi connectivity index (χ2n) is 7.62. The van der Waals surface area contributed by atoms with Gasteiger partial charge in [0.1, 0.15) is 17.7 Å². The number of nitrogens with zero attached hydrogens (tertiary/aromatic N) is 6. The summed E-state index contributed by atoms with van der Waals surface area (Å²) in [6.45, 7) is -1.65. The Morgan fingerprint density at radius 1 is 1.27 bits per heavy atom. The third-order valence-electron chi connectivity index (χ3n) is 5.56. The van der Waals surface area contributed by atoms with E-state index >= 15 is 0 Å². The molecule has 0 unspecified atom stereocenters. The Morgan fingerprint density at radius 3 is 2.91 bits per heavy atom. The Morgan fingerprint density at radius 2 is 2.15 bits per heavy atom. The molecule has 2 atom stereocenters. The van der Waals surface area contributed by atoms with Crippen LogP contribution in [0.2, 0.25) is 0 Å². The fourth-order valence-electron chi connectivity index (χ4n) is 3.88. The quantitative estimate of drug-likeness (QED) is 0.458. The zero-order valence-electron chi connectivity index (χ0n) is 17.6. The van der Waals surface area contributed by atoms with Gasteiger partial charge in [-0.2, -0.15) is 19.0 Å². The summed E-state index contributed by atoms with van der Waals surface area (Å²) in [7, 11) is 1.47. The highest BCUT2D eigenvalue weighted by molar-refractivity contribution is 5.76. The summed E-state index contributed by atoms with van der Waals surface area (Å²) in [6.07, 6.45) is 5.18. The van der Waals surface area contributed by atoms with Crippen LogP contribution in [0.3, 0.4) is 0 Å². The summed E-state index contributed by atoms with van der Waals surface area (Å²) in [5, 5.41) is 14.7. The molecule has 1 saturated heterocycles. The second-order valence-corrected chi connectivity index (χ2v) is 7.62. The molecular weight excluding hydrogens is 437 g/mol. The first-order valence-electron chi connectivity index (χ1n) is 10.4. The van der Waals surface area contributed by atoms with Crippen LogP contribution in [0.5, 0.6) is 5.75 Å². The Labute approximate surface area is 186 Å². The summed E-state index contributed by atoms with van der Waals surface area (Å²) in [5.41, 5.74) is 2.46. The number of fused-ring (bicyclic) bond motifs is 1. The minimum atomic E-state index is -2.77. The number of ether oxygens (including phenoxy) is 1. The Balaban J connectivity index is 1.58. The van der Waals surface area contributed by atoms with Gasteiger partial charge >= 0.3 is 6.55 Å². The maximum absolute atomic E-state index is 14.4. The SMILES string of the molecule is COc1cc2ncc(-c3cccnc3N[C@H]3CNCC[C@@H]3F)n2nc1-c1cnn(C(F)F)c1. The molecule has 9 nitrogen and oxygen atoms in total. The van der Waals surface area contributed by atoms with Crippen molar-refractivity contribution in [3.63, 3.8) is 0 Å². The van der Waals surface area contributed by atoms with Crippen molar-refractivity contribution in [1.29, 1.82) is 0 Å². The van der Waals surface area contributed by atoms with E-state index in [-0.39, 0.29) is 0 Å². The van der Waals surface area contributed by atoms with E-state index in [4.69, 9.17) is 4.74 Å². The molecule has 0 radical (unpaired) electrons. The smallest absolute Gasteiger partial charge is 0.333 e. The molecule has 4 aromatic rings. The van der Waals surface area contributed by atoms with E-state index in [0.717, 1.165) is 0 Å². The zero-order chi connectivity index (χ0) is 22.9. The van der Waals surface area contributed by atoms with Crippen molar-refractivity contribution in [2.24, 2.45) is 0 Å². The van der Waals surface area contributed by atoms with Gasteiger partial charge in [0, 0.05) is 36.1 Å². The first kappa shape index (κ1) is 21.2. The maximum Gasteiger partial charge on any atom is 0.333 e. The van der Waals surface area contributed by atoms with E-state index in [1.165, 1.54) is 19.5 Å². The van der Waals surface area contributed by atoms with Crippen molar-refractivity contribution in [3.05, 3.63) is 43.0 Å². The number of aromatic nitrogens is 6.